The van der Waals surface area contributed by atoms with Crippen molar-refractivity contribution in [3.05, 3.63) is 24.3 Å². The Morgan fingerprint density at radius 3 is 2.33 bits per heavy atom. The summed E-state index contributed by atoms with van der Waals surface area (Å²) in [6, 6.07) is 7.69. The van der Waals surface area contributed by atoms with Crippen LogP contribution >= 0.6 is 0 Å². The van der Waals surface area contributed by atoms with Crippen LogP contribution in [0.25, 0.3) is 0 Å². The smallest absolute Gasteiger partial charge is 0.410 e. The van der Waals surface area contributed by atoms with Gasteiger partial charge in [-0.25, -0.2) is 4.79 Å². The van der Waals surface area contributed by atoms with Crippen molar-refractivity contribution in [2.75, 3.05) is 32.1 Å². The lowest BCUT2D eigenvalue weighted by Crippen LogP contribution is -2.39. The lowest BCUT2D eigenvalue weighted by atomic mass is 10.2. The topological polar surface area (TPSA) is 50.8 Å². The summed E-state index contributed by atoms with van der Waals surface area (Å²) in [4.78, 5) is 13.7. The van der Waals surface area contributed by atoms with E-state index in [9.17, 15) is 4.79 Å². The van der Waals surface area contributed by atoms with Gasteiger partial charge in [-0.3, -0.25) is 0 Å². The fourth-order valence-electron chi connectivity index (χ4n) is 1.75. The van der Waals surface area contributed by atoms with Crippen LogP contribution in [0, 0.1) is 0 Å². The monoisotopic (exact) mass is 294 g/mol. The number of anilines is 1. The van der Waals surface area contributed by atoms with Crippen molar-refractivity contribution < 1.29 is 14.3 Å². The summed E-state index contributed by atoms with van der Waals surface area (Å²) in [7, 11) is 1.64. The molecule has 0 aliphatic rings. The Kier molecular flexibility index (Phi) is 6.34. The highest BCUT2D eigenvalue weighted by Gasteiger charge is 2.20. The number of ether oxygens (including phenoxy) is 2. The van der Waals surface area contributed by atoms with E-state index < -0.39 is 5.60 Å². The van der Waals surface area contributed by atoms with E-state index in [-0.39, 0.29) is 6.09 Å². The number of hydrogen-bond acceptors (Lipinski definition) is 4. The molecule has 118 valence electrons. The summed E-state index contributed by atoms with van der Waals surface area (Å²) in [6.45, 7) is 9.43. The minimum absolute atomic E-state index is 0.276. The summed E-state index contributed by atoms with van der Waals surface area (Å²) >= 11 is 0. The van der Waals surface area contributed by atoms with Crippen LogP contribution in [0.4, 0.5) is 10.5 Å². The van der Waals surface area contributed by atoms with Gasteiger partial charge in [0, 0.05) is 25.3 Å². The molecule has 0 spiro atoms. The van der Waals surface area contributed by atoms with E-state index in [4.69, 9.17) is 9.47 Å². The predicted molar refractivity (Wildman–Crippen MR) is 85.0 cm³/mol. The fourth-order valence-corrected chi connectivity index (χ4v) is 1.75. The van der Waals surface area contributed by atoms with E-state index >= 15 is 0 Å². The van der Waals surface area contributed by atoms with Gasteiger partial charge in [-0.2, -0.15) is 0 Å². The van der Waals surface area contributed by atoms with E-state index in [0.717, 1.165) is 11.4 Å². The van der Waals surface area contributed by atoms with Crippen molar-refractivity contribution in [3.8, 4) is 5.75 Å². The Labute approximate surface area is 127 Å². The van der Waals surface area contributed by atoms with E-state index in [2.05, 4.69) is 5.32 Å². The van der Waals surface area contributed by atoms with Crippen LogP contribution in [0.15, 0.2) is 24.3 Å². The van der Waals surface area contributed by atoms with Gasteiger partial charge in [-0.1, -0.05) is 0 Å². The number of rotatable bonds is 6. The summed E-state index contributed by atoms with van der Waals surface area (Å²) in [5.41, 5.74) is 0.532. The maximum Gasteiger partial charge on any atom is 0.410 e. The third-order valence-electron chi connectivity index (χ3n) is 2.83. The Balaban J connectivity index is 2.42. The first kappa shape index (κ1) is 17.1. The highest BCUT2D eigenvalue weighted by Crippen LogP contribution is 2.15. The van der Waals surface area contributed by atoms with Gasteiger partial charge in [0.15, 0.2) is 0 Å². The molecule has 1 aromatic carbocycles. The Morgan fingerprint density at radius 1 is 1.24 bits per heavy atom. The van der Waals surface area contributed by atoms with Crippen LogP contribution in [0.5, 0.6) is 5.75 Å². The van der Waals surface area contributed by atoms with Crippen molar-refractivity contribution >= 4 is 11.8 Å². The second kappa shape index (κ2) is 7.76. The van der Waals surface area contributed by atoms with E-state index in [1.54, 1.807) is 12.0 Å². The minimum Gasteiger partial charge on any atom is -0.497 e. The van der Waals surface area contributed by atoms with Gasteiger partial charge in [0.05, 0.1) is 7.11 Å². The molecule has 1 rings (SSSR count). The van der Waals surface area contributed by atoms with E-state index in [0.29, 0.717) is 19.6 Å². The minimum atomic E-state index is -0.464. The second-order valence-corrected chi connectivity index (χ2v) is 5.72. The van der Waals surface area contributed by atoms with Crippen molar-refractivity contribution in [3.63, 3.8) is 0 Å². The highest BCUT2D eigenvalue weighted by molar-refractivity contribution is 5.68. The van der Waals surface area contributed by atoms with Crippen LogP contribution in [0.1, 0.15) is 27.7 Å². The molecule has 1 aromatic rings. The van der Waals surface area contributed by atoms with Gasteiger partial charge in [0.25, 0.3) is 0 Å². The first-order valence-electron chi connectivity index (χ1n) is 7.21. The number of benzene rings is 1. The number of amides is 1. The first-order valence-corrected chi connectivity index (χ1v) is 7.21. The van der Waals surface area contributed by atoms with Crippen molar-refractivity contribution in [1.29, 1.82) is 0 Å². The Morgan fingerprint density at radius 2 is 1.86 bits per heavy atom. The van der Waals surface area contributed by atoms with Gasteiger partial charge >= 0.3 is 6.09 Å². The summed E-state index contributed by atoms with van der Waals surface area (Å²) < 4.78 is 10.5. The quantitative estimate of drug-likeness (QED) is 0.874. The summed E-state index contributed by atoms with van der Waals surface area (Å²) in [5, 5.41) is 3.27. The molecule has 0 fully saturated rings. The number of carbonyl (C=O) groups is 1. The van der Waals surface area contributed by atoms with Crippen molar-refractivity contribution in [2.45, 2.75) is 33.3 Å². The van der Waals surface area contributed by atoms with E-state index in [1.807, 2.05) is 52.0 Å². The SMILES string of the molecule is CCN(CCNc1ccc(OC)cc1)C(=O)OC(C)(C)C. The maximum atomic E-state index is 12.0. The second-order valence-electron chi connectivity index (χ2n) is 5.72. The van der Waals surface area contributed by atoms with Gasteiger partial charge in [-0.15, -0.1) is 0 Å². The molecule has 0 saturated carbocycles. The average molecular weight is 294 g/mol. The van der Waals surface area contributed by atoms with Gasteiger partial charge < -0.3 is 19.7 Å². The third-order valence-corrected chi connectivity index (χ3v) is 2.83. The van der Waals surface area contributed by atoms with Crippen molar-refractivity contribution in [2.24, 2.45) is 0 Å². The molecule has 0 aliphatic carbocycles. The molecule has 5 nitrogen and oxygen atoms in total. The molecule has 0 aromatic heterocycles. The van der Waals surface area contributed by atoms with Gasteiger partial charge in [-0.05, 0) is 52.0 Å². The molecule has 0 atom stereocenters. The van der Waals surface area contributed by atoms with Crippen LogP contribution in [0.3, 0.4) is 0 Å². The van der Waals surface area contributed by atoms with Crippen LogP contribution < -0.4 is 10.1 Å². The highest BCUT2D eigenvalue weighted by atomic mass is 16.6. The largest absolute Gasteiger partial charge is 0.497 e. The molecular formula is C16H26N2O3. The normalized spacial score (nSPS) is 10.9. The molecule has 0 saturated heterocycles. The third kappa shape index (κ3) is 6.38. The molecule has 5 heteroatoms. The number of hydrogen-bond donors (Lipinski definition) is 1. The maximum absolute atomic E-state index is 12.0. The van der Waals surface area contributed by atoms with Crippen LogP contribution in [-0.4, -0.2) is 43.3 Å². The molecule has 0 heterocycles. The number of nitrogens with one attached hydrogen (secondary N) is 1. The molecule has 1 N–H and O–H groups in total. The number of likely N-dealkylation sites (N-methyl/N-ethyl adjacent to an activating group) is 1. The standard InChI is InChI=1S/C16H26N2O3/c1-6-18(15(19)21-16(2,3)4)12-11-17-13-7-9-14(20-5)10-8-13/h7-10,17H,6,11-12H2,1-5H3. The Bertz CT molecular complexity index is 438. The predicted octanol–water partition coefficient (Wildman–Crippen LogP) is 3.36. The molecule has 0 unspecified atom stereocenters. The molecule has 1 amide bonds. The van der Waals surface area contributed by atoms with Crippen molar-refractivity contribution in [1.82, 2.24) is 4.90 Å². The number of nitrogens with zero attached hydrogens (tertiary/aromatic N) is 1. The summed E-state index contributed by atoms with van der Waals surface area (Å²) in [6.07, 6.45) is -0.276. The zero-order valence-electron chi connectivity index (χ0n) is 13.6. The lowest BCUT2D eigenvalue weighted by molar-refractivity contribution is 0.0267. The lowest BCUT2D eigenvalue weighted by Gasteiger charge is -2.26. The Hall–Kier alpha value is -1.91. The fraction of sp³-hybridized carbons (Fsp3) is 0.562. The molecular weight excluding hydrogens is 268 g/mol. The molecule has 0 bridgehead atoms. The zero-order valence-corrected chi connectivity index (χ0v) is 13.6. The van der Waals surface area contributed by atoms with E-state index in [1.165, 1.54) is 0 Å². The number of methoxy groups -OCH3 is 1. The zero-order chi connectivity index (χ0) is 15.9. The van der Waals surface area contributed by atoms with Gasteiger partial charge in [0.2, 0.25) is 0 Å². The number of carbonyl (C=O) groups excluding carboxylic acids is 1. The molecule has 0 aliphatic heterocycles. The van der Waals surface area contributed by atoms with Crippen LogP contribution in [-0.2, 0) is 4.74 Å². The summed E-state index contributed by atoms with van der Waals surface area (Å²) in [5.74, 6) is 0.824. The van der Waals surface area contributed by atoms with Crippen LogP contribution in [0.2, 0.25) is 0 Å². The molecule has 21 heavy (non-hydrogen) atoms. The average Bonchev–Trinajstić information content (AvgIpc) is 2.42. The molecule has 0 radical (unpaired) electrons. The van der Waals surface area contributed by atoms with Gasteiger partial charge in [0.1, 0.15) is 11.4 Å². The first-order chi connectivity index (χ1) is 9.85.